The van der Waals surface area contributed by atoms with Gasteiger partial charge in [-0.15, -0.1) is 13.2 Å². The van der Waals surface area contributed by atoms with Gasteiger partial charge in [0, 0.05) is 31.9 Å². The summed E-state index contributed by atoms with van der Waals surface area (Å²) in [5.41, 5.74) is 1.86. The Bertz CT molecular complexity index is 791. The zero-order valence-electron chi connectivity index (χ0n) is 14.2. The SMILES string of the molecule is CNc1cccc(N=CN(C)Cc2ccccc2OC(F)(F)F)c1C=O. The summed E-state index contributed by atoms with van der Waals surface area (Å²) in [5.74, 6) is -0.258. The summed E-state index contributed by atoms with van der Waals surface area (Å²) in [7, 11) is 3.36. The van der Waals surface area contributed by atoms with Crippen LogP contribution in [0.3, 0.4) is 0 Å². The number of rotatable bonds is 7. The number of hydrogen-bond donors (Lipinski definition) is 1. The molecular formula is C18H18F3N3O2. The van der Waals surface area contributed by atoms with Crippen LogP contribution in [0.25, 0.3) is 0 Å². The number of benzene rings is 2. The van der Waals surface area contributed by atoms with Gasteiger partial charge >= 0.3 is 6.36 Å². The van der Waals surface area contributed by atoms with E-state index in [9.17, 15) is 18.0 Å². The molecule has 0 spiro atoms. The molecule has 138 valence electrons. The third-order valence-electron chi connectivity index (χ3n) is 3.48. The number of para-hydroxylation sites is 1. The highest BCUT2D eigenvalue weighted by Crippen LogP contribution is 2.27. The van der Waals surface area contributed by atoms with Gasteiger partial charge in [0.05, 0.1) is 17.6 Å². The molecule has 0 radical (unpaired) electrons. The number of ether oxygens (including phenoxy) is 1. The second-order valence-electron chi connectivity index (χ2n) is 5.42. The number of hydrogen-bond acceptors (Lipinski definition) is 4. The third-order valence-corrected chi connectivity index (χ3v) is 3.48. The third kappa shape index (κ3) is 5.23. The highest BCUT2D eigenvalue weighted by molar-refractivity contribution is 5.92. The Balaban J connectivity index is 2.16. The van der Waals surface area contributed by atoms with Gasteiger partial charge in [0.2, 0.25) is 0 Å². The van der Waals surface area contributed by atoms with Crippen molar-refractivity contribution in [2.75, 3.05) is 19.4 Å². The summed E-state index contributed by atoms with van der Waals surface area (Å²) in [6.07, 6.45) is -2.60. The molecule has 0 aliphatic rings. The molecule has 0 heterocycles. The Morgan fingerprint density at radius 3 is 2.58 bits per heavy atom. The van der Waals surface area contributed by atoms with Crippen LogP contribution in [0.2, 0.25) is 0 Å². The van der Waals surface area contributed by atoms with Gasteiger partial charge in [-0.25, -0.2) is 4.99 Å². The minimum absolute atomic E-state index is 0.151. The molecule has 0 fully saturated rings. The Morgan fingerprint density at radius 2 is 1.92 bits per heavy atom. The summed E-state index contributed by atoms with van der Waals surface area (Å²) >= 11 is 0. The number of halogens is 3. The van der Waals surface area contributed by atoms with Crippen molar-refractivity contribution >= 4 is 24.0 Å². The fourth-order valence-electron chi connectivity index (χ4n) is 2.34. The summed E-state index contributed by atoms with van der Waals surface area (Å²) in [6, 6.07) is 11.1. The van der Waals surface area contributed by atoms with E-state index in [4.69, 9.17) is 0 Å². The average molecular weight is 365 g/mol. The van der Waals surface area contributed by atoms with Crippen LogP contribution in [0, 0.1) is 0 Å². The normalized spacial score (nSPS) is 11.4. The van der Waals surface area contributed by atoms with Crippen LogP contribution in [0.1, 0.15) is 15.9 Å². The quantitative estimate of drug-likeness (QED) is 0.453. The van der Waals surface area contributed by atoms with Gasteiger partial charge in [-0.2, -0.15) is 0 Å². The van der Waals surface area contributed by atoms with Crippen molar-refractivity contribution in [3.63, 3.8) is 0 Å². The van der Waals surface area contributed by atoms with Crippen LogP contribution in [-0.2, 0) is 6.54 Å². The molecular weight excluding hydrogens is 347 g/mol. The number of carbonyl (C=O) groups excluding carboxylic acids is 1. The Kier molecular flexibility index (Phi) is 6.21. The van der Waals surface area contributed by atoms with Gasteiger partial charge in [0.1, 0.15) is 5.75 Å². The molecule has 5 nitrogen and oxygen atoms in total. The van der Waals surface area contributed by atoms with E-state index in [0.29, 0.717) is 28.8 Å². The lowest BCUT2D eigenvalue weighted by molar-refractivity contribution is -0.275. The Labute approximate surface area is 149 Å². The van der Waals surface area contributed by atoms with Crippen LogP contribution >= 0.6 is 0 Å². The van der Waals surface area contributed by atoms with Gasteiger partial charge in [-0.1, -0.05) is 24.3 Å². The number of nitrogens with one attached hydrogen (secondary N) is 1. The second kappa shape index (κ2) is 8.37. The lowest BCUT2D eigenvalue weighted by Crippen LogP contribution is -2.20. The highest BCUT2D eigenvalue weighted by Gasteiger charge is 2.32. The molecule has 0 bridgehead atoms. The fourth-order valence-corrected chi connectivity index (χ4v) is 2.34. The number of carbonyl (C=O) groups is 1. The molecule has 8 heteroatoms. The van der Waals surface area contributed by atoms with E-state index in [-0.39, 0.29) is 12.3 Å². The first-order valence-corrected chi connectivity index (χ1v) is 7.68. The standard InChI is InChI=1S/C18H18F3N3O2/c1-22-15-7-5-8-16(14(15)11-25)23-12-24(2)10-13-6-3-4-9-17(13)26-18(19,20)21/h3-9,11-12,22H,10H2,1-2H3. The van der Waals surface area contributed by atoms with Crippen molar-refractivity contribution in [1.29, 1.82) is 0 Å². The van der Waals surface area contributed by atoms with Crippen molar-refractivity contribution < 1.29 is 22.7 Å². The monoisotopic (exact) mass is 365 g/mol. The van der Waals surface area contributed by atoms with Crippen LogP contribution in [0.5, 0.6) is 5.75 Å². The van der Waals surface area contributed by atoms with Crippen LogP contribution in [-0.4, -0.2) is 38.0 Å². The fraction of sp³-hybridized carbons (Fsp3) is 0.222. The highest BCUT2D eigenvalue weighted by atomic mass is 19.4. The van der Waals surface area contributed by atoms with Gasteiger partial charge in [0.25, 0.3) is 0 Å². The van der Waals surface area contributed by atoms with E-state index in [1.165, 1.54) is 18.5 Å². The molecule has 2 aromatic rings. The summed E-state index contributed by atoms with van der Waals surface area (Å²) < 4.78 is 41.5. The maximum atomic E-state index is 12.5. The minimum Gasteiger partial charge on any atom is -0.405 e. The van der Waals surface area contributed by atoms with Crippen LogP contribution < -0.4 is 10.1 Å². The average Bonchev–Trinajstić information content (AvgIpc) is 2.60. The predicted molar refractivity (Wildman–Crippen MR) is 94.1 cm³/mol. The summed E-state index contributed by atoms with van der Waals surface area (Å²) in [6.45, 7) is 0.151. The summed E-state index contributed by atoms with van der Waals surface area (Å²) in [4.78, 5) is 17.1. The number of nitrogens with zero attached hydrogens (tertiary/aromatic N) is 2. The van der Waals surface area contributed by atoms with E-state index >= 15 is 0 Å². The number of alkyl halides is 3. The number of aldehydes is 1. The van der Waals surface area contributed by atoms with E-state index in [0.717, 1.165) is 0 Å². The van der Waals surface area contributed by atoms with E-state index in [1.54, 1.807) is 49.3 Å². The lowest BCUT2D eigenvalue weighted by atomic mass is 10.1. The van der Waals surface area contributed by atoms with Gasteiger partial charge in [0.15, 0.2) is 6.29 Å². The van der Waals surface area contributed by atoms with Gasteiger partial charge in [-0.05, 0) is 18.2 Å². The van der Waals surface area contributed by atoms with Crippen LogP contribution in [0.4, 0.5) is 24.5 Å². The van der Waals surface area contributed by atoms with Crippen molar-refractivity contribution in [3.05, 3.63) is 53.6 Å². The topological polar surface area (TPSA) is 53.9 Å². The minimum atomic E-state index is -4.75. The molecule has 0 aliphatic carbocycles. The molecule has 1 N–H and O–H groups in total. The first-order chi connectivity index (χ1) is 12.3. The summed E-state index contributed by atoms with van der Waals surface area (Å²) in [5, 5.41) is 2.90. The van der Waals surface area contributed by atoms with Crippen LogP contribution in [0.15, 0.2) is 47.5 Å². The number of anilines is 1. The molecule has 0 atom stereocenters. The molecule has 0 unspecified atom stereocenters. The van der Waals surface area contributed by atoms with Gasteiger partial charge in [-0.3, -0.25) is 4.79 Å². The molecule has 0 saturated heterocycles. The predicted octanol–water partition coefficient (Wildman–Crippen LogP) is 4.23. The maximum Gasteiger partial charge on any atom is 0.573 e. The van der Waals surface area contributed by atoms with E-state index in [2.05, 4.69) is 15.0 Å². The van der Waals surface area contributed by atoms with Crippen molar-refractivity contribution in [2.45, 2.75) is 12.9 Å². The Morgan fingerprint density at radius 1 is 1.19 bits per heavy atom. The van der Waals surface area contributed by atoms with Crippen molar-refractivity contribution in [3.8, 4) is 5.75 Å². The smallest absolute Gasteiger partial charge is 0.405 e. The largest absolute Gasteiger partial charge is 0.573 e. The molecule has 2 aromatic carbocycles. The molecule has 0 saturated carbocycles. The van der Waals surface area contributed by atoms with Crippen molar-refractivity contribution in [2.24, 2.45) is 4.99 Å². The second-order valence-corrected chi connectivity index (χ2v) is 5.42. The lowest BCUT2D eigenvalue weighted by Gasteiger charge is -2.17. The number of aliphatic imine (C=N–C) groups is 1. The van der Waals surface area contributed by atoms with E-state index in [1.807, 2.05) is 0 Å². The zero-order valence-corrected chi connectivity index (χ0v) is 14.2. The van der Waals surface area contributed by atoms with Crippen molar-refractivity contribution in [1.82, 2.24) is 4.90 Å². The maximum absolute atomic E-state index is 12.5. The van der Waals surface area contributed by atoms with E-state index < -0.39 is 6.36 Å². The van der Waals surface area contributed by atoms with Gasteiger partial charge < -0.3 is 15.0 Å². The Hall–Kier alpha value is -3.03. The molecule has 0 amide bonds. The first-order valence-electron chi connectivity index (χ1n) is 7.68. The molecule has 2 rings (SSSR count). The molecule has 0 aliphatic heterocycles. The first kappa shape index (κ1) is 19.3. The molecule has 0 aromatic heterocycles. The molecule has 26 heavy (non-hydrogen) atoms. The zero-order chi connectivity index (χ0) is 19.2.